The molecule has 1 aliphatic carbocycles. The van der Waals surface area contributed by atoms with Crippen LogP contribution in [-0.2, 0) is 17.7 Å². The third kappa shape index (κ3) is 6.20. The smallest absolute Gasteiger partial charge is 0.387 e. The van der Waals surface area contributed by atoms with E-state index in [0.717, 1.165) is 27.4 Å². The number of esters is 1. The van der Waals surface area contributed by atoms with Gasteiger partial charge in [-0.15, -0.1) is 0 Å². The molecule has 2 heterocycles. The van der Waals surface area contributed by atoms with Crippen LogP contribution < -0.4 is 15.4 Å². The number of ether oxygens (including phenoxy) is 2. The molecule has 13 heteroatoms. The number of nitrogens with zero attached hydrogens (tertiary/aromatic N) is 3. The number of nitrogens with one attached hydrogen (secondary N) is 2. The Kier molecular flexibility index (Phi) is 8.41. The van der Waals surface area contributed by atoms with E-state index < -0.39 is 36.3 Å². The van der Waals surface area contributed by atoms with Crippen LogP contribution in [0.4, 0.5) is 13.2 Å². The van der Waals surface area contributed by atoms with Crippen molar-refractivity contribution in [3.63, 3.8) is 0 Å². The highest BCUT2D eigenvalue weighted by Gasteiger charge is 2.29. The first-order chi connectivity index (χ1) is 20.7. The zero-order valence-corrected chi connectivity index (χ0v) is 22.9. The Morgan fingerprint density at radius 1 is 1.19 bits per heavy atom. The predicted octanol–water partition coefficient (Wildman–Crippen LogP) is 4.47. The summed E-state index contributed by atoms with van der Waals surface area (Å²) in [6, 6.07) is 9.97. The molecule has 10 nitrogen and oxygen atoms in total. The third-order valence-electron chi connectivity index (χ3n) is 7.02. The molecule has 1 atom stereocenters. The molecule has 1 unspecified atom stereocenters. The second-order valence-corrected chi connectivity index (χ2v) is 9.72. The SMILES string of the molecule is C=CCOC(=O)c1ccc2c(c1C)CCC2NC(=O)c1cc(C(=O)NCc2cccc(OC(F)F)c2)nc2c(F)cnn12. The van der Waals surface area contributed by atoms with Crippen molar-refractivity contribution in [2.24, 2.45) is 0 Å². The van der Waals surface area contributed by atoms with Crippen LogP contribution in [0.2, 0.25) is 0 Å². The van der Waals surface area contributed by atoms with Crippen LogP contribution in [-0.4, -0.2) is 45.6 Å². The number of amides is 2. The number of halogens is 3. The van der Waals surface area contributed by atoms with Crippen molar-refractivity contribution in [1.82, 2.24) is 25.2 Å². The molecule has 1 aliphatic rings. The monoisotopic (exact) mass is 593 g/mol. The summed E-state index contributed by atoms with van der Waals surface area (Å²) in [6.45, 7) is 2.38. The van der Waals surface area contributed by atoms with Crippen molar-refractivity contribution in [2.45, 2.75) is 39.0 Å². The minimum Gasteiger partial charge on any atom is -0.458 e. The van der Waals surface area contributed by atoms with Crippen molar-refractivity contribution in [1.29, 1.82) is 0 Å². The lowest BCUT2D eigenvalue weighted by Crippen LogP contribution is -2.30. The van der Waals surface area contributed by atoms with E-state index in [1.807, 2.05) is 6.92 Å². The van der Waals surface area contributed by atoms with Gasteiger partial charge in [-0.1, -0.05) is 30.9 Å². The summed E-state index contributed by atoms with van der Waals surface area (Å²) in [7, 11) is 0. The predicted molar refractivity (Wildman–Crippen MR) is 147 cm³/mol. The molecule has 43 heavy (non-hydrogen) atoms. The normalized spacial score (nSPS) is 13.9. The van der Waals surface area contributed by atoms with Crippen LogP contribution in [0.3, 0.4) is 0 Å². The van der Waals surface area contributed by atoms with E-state index in [2.05, 4.69) is 32.0 Å². The quantitative estimate of drug-likeness (QED) is 0.205. The number of fused-ring (bicyclic) bond motifs is 2. The summed E-state index contributed by atoms with van der Waals surface area (Å²) in [4.78, 5) is 42.9. The van der Waals surface area contributed by atoms with E-state index in [-0.39, 0.29) is 35.9 Å². The van der Waals surface area contributed by atoms with Gasteiger partial charge >= 0.3 is 12.6 Å². The molecule has 2 amide bonds. The number of carbonyl (C=O) groups excluding carboxylic acids is 3. The number of aromatic nitrogens is 3. The van der Waals surface area contributed by atoms with Crippen molar-refractivity contribution < 1.29 is 37.0 Å². The van der Waals surface area contributed by atoms with Crippen LogP contribution in [0.5, 0.6) is 5.75 Å². The summed E-state index contributed by atoms with van der Waals surface area (Å²) in [6.07, 6.45) is 3.52. The van der Waals surface area contributed by atoms with E-state index >= 15 is 0 Å². The molecule has 0 saturated carbocycles. The van der Waals surface area contributed by atoms with E-state index in [4.69, 9.17) is 4.74 Å². The minimum absolute atomic E-state index is 0.0727. The summed E-state index contributed by atoms with van der Waals surface area (Å²) in [5.74, 6) is -2.72. The Labute approximate surface area is 243 Å². The Bertz CT molecular complexity index is 1740. The maximum Gasteiger partial charge on any atom is 0.387 e. The van der Waals surface area contributed by atoms with Crippen LogP contribution in [0, 0.1) is 12.7 Å². The maximum atomic E-state index is 14.5. The third-order valence-corrected chi connectivity index (χ3v) is 7.02. The molecule has 0 spiro atoms. The Morgan fingerprint density at radius 2 is 2.00 bits per heavy atom. The lowest BCUT2D eigenvalue weighted by atomic mass is 9.98. The molecule has 0 bridgehead atoms. The Balaban J connectivity index is 1.35. The number of hydrogen-bond donors (Lipinski definition) is 2. The highest BCUT2D eigenvalue weighted by Crippen LogP contribution is 2.35. The summed E-state index contributed by atoms with van der Waals surface area (Å²) < 4.78 is 50.1. The fourth-order valence-corrected chi connectivity index (χ4v) is 5.01. The first-order valence-corrected chi connectivity index (χ1v) is 13.2. The largest absolute Gasteiger partial charge is 0.458 e. The average molecular weight is 594 g/mol. The fourth-order valence-electron chi connectivity index (χ4n) is 5.01. The molecule has 0 fully saturated rings. The molecule has 222 valence electrons. The van der Waals surface area contributed by atoms with E-state index in [9.17, 15) is 27.6 Å². The first kappa shape index (κ1) is 29.3. The molecule has 2 N–H and O–H groups in total. The van der Waals surface area contributed by atoms with Gasteiger partial charge in [-0.3, -0.25) is 9.59 Å². The van der Waals surface area contributed by atoms with E-state index in [0.29, 0.717) is 24.0 Å². The molecular formula is C30H26F3N5O5. The summed E-state index contributed by atoms with van der Waals surface area (Å²) >= 11 is 0. The number of carbonyl (C=O) groups is 3. The number of benzene rings is 2. The van der Waals surface area contributed by atoms with Gasteiger partial charge in [-0.25, -0.2) is 18.7 Å². The van der Waals surface area contributed by atoms with Gasteiger partial charge in [0.05, 0.1) is 17.8 Å². The topological polar surface area (TPSA) is 124 Å². The second kappa shape index (κ2) is 12.3. The molecule has 2 aromatic heterocycles. The van der Waals surface area contributed by atoms with Crippen LogP contribution >= 0.6 is 0 Å². The van der Waals surface area contributed by atoms with Crippen LogP contribution in [0.25, 0.3) is 5.65 Å². The van der Waals surface area contributed by atoms with Gasteiger partial charge in [0.25, 0.3) is 11.8 Å². The zero-order valence-electron chi connectivity index (χ0n) is 22.9. The number of hydrogen-bond acceptors (Lipinski definition) is 7. The van der Waals surface area contributed by atoms with Gasteiger partial charge in [0.15, 0.2) is 11.5 Å². The van der Waals surface area contributed by atoms with Gasteiger partial charge in [0.1, 0.15) is 23.7 Å². The van der Waals surface area contributed by atoms with Crippen molar-refractivity contribution in [3.8, 4) is 5.75 Å². The van der Waals surface area contributed by atoms with Crippen molar-refractivity contribution in [2.75, 3.05) is 6.61 Å². The molecule has 2 aromatic carbocycles. The van der Waals surface area contributed by atoms with Crippen molar-refractivity contribution in [3.05, 3.63) is 106 Å². The van der Waals surface area contributed by atoms with E-state index in [1.165, 1.54) is 30.3 Å². The van der Waals surface area contributed by atoms with Gasteiger partial charge < -0.3 is 20.1 Å². The molecule has 4 aromatic rings. The van der Waals surface area contributed by atoms with Crippen molar-refractivity contribution >= 4 is 23.4 Å². The van der Waals surface area contributed by atoms with Gasteiger partial charge in [-0.05, 0) is 60.2 Å². The fraction of sp³-hybridized carbons (Fsp3) is 0.233. The molecule has 0 radical (unpaired) electrons. The lowest BCUT2D eigenvalue weighted by Gasteiger charge is -2.16. The van der Waals surface area contributed by atoms with Crippen LogP contribution in [0.15, 0.2) is 61.3 Å². The first-order valence-electron chi connectivity index (χ1n) is 13.2. The lowest BCUT2D eigenvalue weighted by molar-refractivity contribution is -0.0499. The molecular weight excluding hydrogens is 567 g/mol. The Hall–Kier alpha value is -5.20. The average Bonchev–Trinajstić information content (AvgIpc) is 3.57. The van der Waals surface area contributed by atoms with Crippen LogP contribution in [0.1, 0.15) is 66.1 Å². The van der Waals surface area contributed by atoms with E-state index in [1.54, 1.807) is 18.2 Å². The standard InChI is InChI=1S/C30H26F3N5O5/c1-3-11-42-29(41)20-7-8-21-19(16(20)2)9-10-23(21)37-28(40)25-13-24(36-26-22(31)15-35-38(25)26)27(39)34-14-17-5-4-6-18(12-17)43-30(32)33/h3-8,12-13,15,23,30H,1,9-11,14H2,2H3,(H,34,39)(H,37,40). The second-order valence-electron chi connectivity index (χ2n) is 9.72. The highest BCUT2D eigenvalue weighted by molar-refractivity contribution is 5.98. The zero-order chi connectivity index (χ0) is 30.7. The summed E-state index contributed by atoms with van der Waals surface area (Å²) in [5.41, 5.74) is 2.71. The summed E-state index contributed by atoms with van der Waals surface area (Å²) in [5, 5.41) is 9.42. The minimum atomic E-state index is -3.00. The van der Waals surface area contributed by atoms with Gasteiger partial charge in [-0.2, -0.15) is 13.9 Å². The highest BCUT2D eigenvalue weighted by atomic mass is 19.3. The Morgan fingerprint density at radius 3 is 2.77 bits per heavy atom. The molecule has 5 rings (SSSR count). The molecule has 0 aliphatic heterocycles. The van der Waals surface area contributed by atoms with Gasteiger partial charge in [0.2, 0.25) is 0 Å². The maximum absolute atomic E-state index is 14.5. The number of rotatable bonds is 10. The number of alkyl halides is 2. The van der Waals surface area contributed by atoms with Gasteiger partial charge in [0, 0.05) is 12.6 Å². The molecule has 0 saturated heterocycles.